The fraction of sp³-hybridized carbons (Fsp3) is 0.296. The number of likely N-dealkylation sites (tertiary alicyclic amines) is 1. The van der Waals surface area contributed by atoms with Gasteiger partial charge >= 0.3 is 0 Å². The van der Waals surface area contributed by atoms with Gasteiger partial charge in [-0.1, -0.05) is 60.7 Å². The second kappa shape index (κ2) is 12.4. The van der Waals surface area contributed by atoms with Crippen LogP contribution in [0.4, 0.5) is 0 Å². The van der Waals surface area contributed by atoms with Crippen molar-refractivity contribution in [2.45, 2.75) is 37.4 Å². The molecule has 1 aliphatic rings. The molecule has 4 rings (SSSR count). The fourth-order valence-electron chi connectivity index (χ4n) is 4.84. The Morgan fingerprint density at radius 1 is 1.05 bits per heavy atom. The van der Waals surface area contributed by atoms with E-state index in [4.69, 9.17) is 11.6 Å². The summed E-state index contributed by atoms with van der Waals surface area (Å²) in [6, 6.07) is 20.3. The van der Waals surface area contributed by atoms with Gasteiger partial charge in [-0.15, -0.1) is 11.3 Å². The topological polar surface area (TPSA) is 160 Å². The summed E-state index contributed by atoms with van der Waals surface area (Å²) in [7, 11) is -3.78. The van der Waals surface area contributed by atoms with Crippen molar-refractivity contribution >= 4 is 39.0 Å². The van der Waals surface area contributed by atoms with Crippen molar-refractivity contribution in [3.05, 3.63) is 93.7 Å². The van der Waals surface area contributed by atoms with E-state index in [1.54, 1.807) is 6.07 Å². The number of hydrogen-bond acceptors (Lipinski definition) is 7. The molecule has 1 aliphatic heterocycles. The first-order valence-electron chi connectivity index (χ1n) is 12.5. The highest BCUT2D eigenvalue weighted by molar-refractivity contribution is 7.88. The van der Waals surface area contributed by atoms with Crippen LogP contribution in [-0.2, 0) is 26.2 Å². The van der Waals surface area contributed by atoms with Gasteiger partial charge in [-0.3, -0.25) is 9.59 Å². The molecule has 6 N–H and O–H groups in total. The third-order valence-electron chi connectivity index (χ3n) is 6.59. The number of nitrogens with two attached hydrogens (primary N) is 2. The molecule has 206 valence electrons. The molecule has 2 heterocycles. The molecule has 3 aromatic rings. The Bertz CT molecular complexity index is 1390. The number of nitrogens with one attached hydrogen (secondary N) is 2. The van der Waals surface area contributed by atoms with E-state index in [-0.39, 0.29) is 18.3 Å². The SMILES string of the molecule is CS(=O)(=O)NC(C(=O)N1CCCC1C(=O)NCc1ccc(/C(N)=N/N)s1)C(c1ccccc1)c1ccccc1. The first kappa shape index (κ1) is 28.3. The van der Waals surface area contributed by atoms with E-state index in [1.165, 1.54) is 16.2 Å². The summed E-state index contributed by atoms with van der Waals surface area (Å²) < 4.78 is 27.6. The number of amidine groups is 1. The first-order chi connectivity index (χ1) is 18.7. The third kappa shape index (κ3) is 7.02. The Balaban J connectivity index is 1.59. The van der Waals surface area contributed by atoms with Gasteiger partial charge in [0.05, 0.1) is 17.7 Å². The van der Waals surface area contributed by atoms with Crippen LogP contribution in [0.3, 0.4) is 0 Å². The van der Waals surface area contributed by atoms with Crippen LogP contribution >= 0.6 is 11.3 Å². The van der Waals surface area contributed by atoms with Crippen LogP contribution in [0, 0.1) is 0 Å². The second-order valence-corrected chi connectivity index (χ2v) is 12.3. The highest BCUT2D eigenvalue weighted by atomic mass is 32.2. The van der Waals surface area contributed by atoms with Crippen LogP contribution in [-0.4, -0.2) is 55.9 Å². The molecule has 0 bridgehead atoms. The Morgan fingerprint density at radius 2 is 1.67 bits per heavy atom. The lowest BCUT2D eigenvalue weighted by atomic mass is 9.84. The van der Waals surface area contributed by atoms with Crippen LogP contribution in [0.25, 0.3) is 0 Å². The maximum atomic E-state index is 14.1. The summed E-state index contributed by atoms with van der Waals surface area (Å²) in [5, 5.41) is 6.39. The Labute approximate surface area is 232 Å². The van der Waals surface area contributed by atoms with Gasteiger partial charge in [0.25, 0.3) is 0 Å². The molecule has 0 saturated carbocycles. The minimum absolute atomic E-state index is 0.209. The fourth-order valence-corrected chi connectivity index (χ4v) is 6.39. The van der Waals surface area contributed by atoms with Crippen molar-refractivity contribution in [1.29, 1.82) is 0 Å². The Hall–Kier alpha value is -3.74. The average Bonchev–Trinajstić information content (AvgIpc) is 3.61. The van der Waals surface area contributed by atoms with Crippen molar-refractivity contribution in [2.75, 3.05) is 12.8 Å². The summed E-state index contributed by atoms with van der Waals surface area (Å²) in [5.41, 5.74) is 7.32. The number of rotatable bonds is 10. The molecule has 10 nitrogen and oxygen atoms in total. The van der Waals surface area contributed by atoms with Gasteiger partial charge in [-0.05, 0) is 36.1 Å². The summed E-state index contributed by atoms with van der Waals surface area (Å²) >= 11 is 1.36. The smallest absolute Gasteiger partial charge is 0.243 e. The van der Waals surface area contributed by atoms with Gasteiger partial charge in [-0.2, -0.15) is 5.10 Å². The molecule has 0 aliphatic carbocycles. The molecule has 1 fully saturated rings. The van der Waals surface area contributed by atoms with Crippen LogP contribution in [0.2, 0.25) is 0 Å². The van der Waals surface area contributed by atoms with E-state index >= 15 is 0 Å². The quantitative estimate of drug-likeness (QED) is 0.126. The van der Waals surface area contributed by atoms with Crippen LogP contribution in [0.5, 0.6) is 0 Å². The van der Waals surface area contributed by atoms with Crippen molar-refractivity contribution < 1.29 is 18.0 Å². The lowest BCUT2D eigenvalue weighted by molar-refractivity contribution is -0.140. The van der Waals surface area contributed by atoms with Crippen molar-refractivity contribution in [3.8, 4) is 0 Å². The van der Waals surface area contributed by atoms with Crippen molar-refractivity contribution in [1.82, 2.24) is 14.9 Å². The molecule has 2 unspecified atom stereocenters. The Kier molecular flexibility index (Phi) is 9.00. The van der Waals surface area contributed by atoms with Gasteiger partial charge in [0, 0.05) is 17.3 Å². The zero-order valence-corrected chi connectivity index (χ0v) is 23.1. The van der Waals surface area contributed by atoms with Gasteiger partial charge in [0.2, 0.25) is 21.8 Å². The predicted molar refractivity (Wildman–Crippen MR) is 152 cm³/mol. The van der Waals surface area contributed by atoms with Crippen LogP contribution < -0.4 is 21.6 Å². The van der Waals surface area contributed by atoms with Gasteiger partial charge in [0.15, 0.2) is 5.84 Å². The number of thiophene rings is 1. The number of nitrogens with zero attached hydrogens (tertiary/aromatic N) is 2. The summed E-state index contributed by atoms with van der Waals surface area (Å²) in [5.74, 6) is 4.11. The number of carbonyl (C=O) groups excluding carboxylic acids is 2. The van der Waals surface area contributed by atoms with Crippen molar-refractivity contribution in [2.24, 2.45) is 16.7 Å². The van der Waals surface area contributed by atoms with E-state index in [2.05, 4.69) is 15.1 Å². The summed E-state index contributed by atoms with van der Waals surface area (Å²) in [6.45, 7) is 0.601. The molecular formula is C27H32N6O4S2. The molecule has 2 amide bonds. The minimum Gasteiger partial charge on any atom is -0.381 e. The van der Waals surface area contributed by atoms with Crippen LogP contribution in [0.15, 0.2) is 77.9 Å². The second-order valence-electron chi connectivity index (χ2n) is 9.35. The van der Waals surface area contributed by atoms with E-state index in [1.807, 2.05) is 66.7 Å². The zero-order chi connectivity index (χ0) is 28.0. The number of carbonyl (C=O) groups is 2. The van der Waals surface area contributed by atoms with Crippen LogP contribution in [0.1, 0.15) is 39.6 Å². The molecule has 2 atom stereocenters. The molecule has 39 heavy (non-hydrogen) atoms. The average molecular weight is 569 g/mol. The zero-order valence-electron chi connectivity index (χ0n) is 21.5. The largest absolute Gasteiger partial charge is 0.381 e. The minimum atomic E-state index is -3.78. The number of hydrogen-bond donors (Lipinski definition) is 4. The Morgan fingerprint density at radius 3 is 2.23 bits per heavy atom. The molecular weight excluding hydrogens is 536 g/mol. The maximum absolute atomic E-state index is 14.1. The molecule has 2 aromatic carbocycles. The summed E-state index contributed by atoms with van der Waals surface area (Å²) in [4.78, 5) is 30.4. The lowest BCUT2D eigenvalue weighted by Crippen LogP contribution is -2.55. The third-order valence-corrected chi connectivity index (χ3v) is 8.38. The predicted octanol–water partition coefficient (Wildman–Crippen LogP) is 1.68. The highest BCUT2D eigenvalue weighted by Crippen LogP contribution is 2.31. The van der Waals surface area contributed by atoms with E-state index in [0.717, 1.165) is 22.3 Å². The van der Waals surface area contributed by atoms with E-state index < -0.39 is 33.9 Å². The summed E-state index contributed by atoms with van der Waals surface area (Å²) in [6.07, 6.45) is 2.14. The lowest BCUT2D eigenvalue weighted by Gasteiger charge is -2.33. The monoisotopic (exact) mass is 568 g/mol. The maximum Gasteiger partial charge on any atom is 0.243 e. The molecule has 0 radical (unpaired) electrons. The highest BCUT2D eigenvalue weighted by Gasteiger charge is 2.41. The van der Waals surface area contributed by atoms with Gasteiger partial charge in [0.1, 0.15) is 12.1 Å². The molecule has 0 spiro atoms. The number of sulfonamides is 1. The molecule has 12 heteroatoms. The number of hydrazone groups is 1. The van der Waals surface area contributed by atoms with Gasteiger partial charge < -0.3 is 21.8 Å². The number of amides is 2. The van der Waals surface area contributed by atoms with Crippen molar-refractivity contribution in [3.63, 3.8) is 0 Å². The molecule has 1 saturated heterocycles. The number of benzene rings is 2. The standard InChI is InChI=1S/C27H32N6O4S2/c1-39(36,37)32-24(23(18-9-4-2-5-10-18)19-11-6-3-7-12-19)27(35)33-16-8-13-21(33)26(34)30-17-20-14-15-22(38-20)25(28)31-29/h2-7,9-12,14-15,21,23-24,32H,8,13,16-17,29H2,1H3,(H2,28,31)(H,30,34). The normalized spacial score (nSPS) is 16.8. The van der Waals surface area contributed by atoms with E-state index in [9.17, 15) is 18.0 Å². The van der Waals surface area contributed by atoms with E-state index in [0.29, 0.717) is 24.3 Å². The van der Waals surface area contributed by atoms with Gasteiger partial charge in [-0.25, -0.2) is 13.1 Å². The first-order valence-corrected chi connectivity index (χ1v) is 15.2. The molecule has 1 aromatic heterocycles.